The zero-order chi connectivity index (χ0) is 12.8. The van der Waals surface area contributed by atoms with E-state index in [-0.39, 0.29) is 0 Å². The van der Waals surface area contributed by atoms with Crippen molar-refractivity contribution in [3.05, 3.63) is 34.3 Å². The van der Waals surface area contributed by atoms with E-state index in [4.69, 9.17) is 0 Å². The highest BCUT2D eigenvalue weighted by Gasteiger charge is 2.22. The van der Waals surface area contributed by atoms with Crippen molar-refractivity contribution >= 4 is 15.9 Å². The van der Waals surface area contributed by atoms with Gasteiger partial charge in [-0.05, 0) is 36.4 Å². The smallest absolute Gasteiger partial charge is 0.0210 e. The van der Waals surface area contributed by atoms with Crippen molar-refractivity contribution in [3.8, 4) is 0 Å². The number of benzene rings is 1. The molecule has 1 rings (SSSR count). The molecule has 0 spiro atoms. The summed E-state index contributed by atoms with van der Waals surface area (Å²) in [4.78, 5) is 0. The summed E-state index contributed by atoms with van der Waals surface area (Å²) in [6.45, 7) is 10.2. The van der Waals surface area contributed by atoms with Gasteiger partial charge in [-0.25, -0.2) is 0 Å². The zero-order valence-electron chi connectivity index (χ0n) is 11.3. The molecule has 0 fully saturated rings. The Morgan fingerprint density at radius 3 is 2.35 bits per heavy atom. The van der Waals surface area contributed by atoms with Crippen LogP contribution in [0, 0.1) is 5.92 Å². The fraction of sp³-hybridized carbons (Fsp3) is 0.600. The lowest BCUT2D eigenvalue weighted by Gasteiger charge is -2.29. The minimum atomic E-state index is 0.525. The molecular formula is C15H24BrN. The Balaban J connectivity index is 2.84. The molecule has 1 N–H and O–H groups in total. The van der Waals surface area contributed by atoms with E-state index in [0.717, 1.165) is 6.54 Å². The van der Waals surface area contributed by atoms with Gasteiger partial charge in [0.15, 0.2) is 0 Å². The topological polar surface area (TPSA) is 12.0 Å². The first kappa shape index (κ1) is 14.7. The lowest BCUT2D eigenvalue weighted by Crippen LogP contribution is -2.38. The summed E-state index contributed by atoms with van der Waals surface area (Å²) in [5.41, 5.74) is 1.40. The predicted molar refractivity (Wildman–Crippen MR) is 79.5 cm³/mol. The number of rotatable bonds is 6. The molecule has 0 saturated heterocycles. The van der Waals surface area contributed by atoms with E-state index in [0.29, 0.717) is 17.9 Å². The van der Waals surface area contributed by atoms with Crippen molar-refractivity contribution in [2.75, 3.05) is 6.54 Å². The Kier molecular flexibility index (Phi) is 6.21. The van der Waals surface area contributed by atoms with Crippen molar-refractivity contribution in [2.24, 2.45) is 5.92 Å². The standard InChI is InChI=1S/C15H24BrN/c1-5-10-17-15(11(2)3)12(4)13-8-6-7-9-14(13)16/h6-9,11-12,15,17H,5,10H2,1-4H3. The first-order valence-corrected chi connectivity index (χ1v) is 7.35. The van der Waals surface area contributed by atoms with Crippen molar-refractivity contribution in [2.45, 2.75) is 46.1 Å². The number of halogens is 1. The number of nitrogens with one attached hydrogen (secondary N) is 1. The van der Waals surface area contributed by atoms with Crippen molar-refractivity contribution in [1.29, 1.82) is 0 Å². The molecule has 17 heavy (non-hydrogen) atoms. The molecule has 0 bridgehead atoms. The molecule has 2 heteroatoms. The quantitative estimate of drug-likeness (QED) is 0.810. The maximum absolute atomic E-state index is 3.67. The Bertz CT molecular complexity index is 335. The van der Waals surface area contributed by atoms with E-state index in [1.807, 2.05) is 0 Å². The number of hydrogen-bond acceptors (Lipinski definition) is 1. The molecule has 0 aliphatic carbocycles. The van der Waals surface area contributed by atoms with Crippen LogP contribution in [0.5, 0.6) is 0 Å². The molecule has 0 radical (unpaired) electrons. The highest BCUT2D eigenvalue weighted by Crippen LogP contribution is 2.29. The first-order valence-electron chi connectivity index (χ1n) is 6.55. The van der Waals surface area contributed by atoms with Gasteiger partial charge >= 0.3 is 0 Å². The van der Waals surface area contributed by atoms with Crippen LogP contribution in [0.15, 0.2) is 28.7 Å². The fourth-order valence-corrected chi connectivity index (χ4v) is 2.98. The van der Waals surface area contributed by atoms with Crippen molar-refractivity contribution in [1.82, 2.24) is 5.32 Å². The summed E-state index contributed by atoms with van der Waals surface area (Å²) in [6.07, 6.45) is 1.19. The molecule has 1 nitrogen and oxygen atoms in total. The fourth-order valence-electron chi connectivity index (χ4n) is 2.34. The van der Waals surface area contributed by atoms with Crippen molar-refractivity contribution < 1.29 is 0 Å². The average Bonchev–Trinajstić information content (AvgIpc) is 2.29. The van der Waals surface area contributed by atoms with Gasteiger partial charge in [0.25, 0.3) is 0 Å². The van der Waals surface area contributed by atoms with Gasteiger partial charge < -0.3 is 5.32 Å². The Morgan fingerprint density at radius 2 is 1.82 bits per heavy atom. The molecule has 0 aliphatic rings. The van der Waals surface area contributed by atoms with Crippen LogP contribution in [0.4, 0.5) is 0 Å². The highest BCUT2D eigenvalue weighted by molar-refractivity contribution is 9.10. The van der Waals surface area contributed by atoms with Crippen LogP contribution in [0.25, 0.3) is 0 Å². The Hall–Kier alpha value is -0.340. The minimum absolute atomic E-state index is 0.525. The Labute approximate surface area is 114 Å². The van der Waals surface area contributed by atoms with Crippen LogP contribution < -0.4 is 5.32 Å². The van der Waals surface area contributed by atoms with Gasteiger partial charge in [-0.3, -0.25) is 0 Å². The van der Waals surface area contributed by atoms with E-state index < -0.39 is 0 Å². The van der Waals surface area contributed by atoms with E-state index in [2.05, 4.69) is 73.2 Å². The average molecular weight is 298 g/mol. The third-order valence-electron chi connectivity index (χ3n) is 3.28. The molecule has 96 valence electrons. The molecule has 0 amide bonds. The first-order chi connectivity index (χ1) is 8.07. The highest BCUT2D eigenvalue weighted by atomic mass is 79.9. The largest absolute Gasteiger partial charge is 0.313 e. The van der Waals surface area contributed by atoms with Crippen LogP contribution in [0.3, 0.4) is 0 Å². The maximum atomic E-state index is 3.67. The van der Waals surface area contributed by atoms with Crippen LogP contribution in [0.2, 0.25) is 0 Å². The van der Waals surface area contributed by atoms with Gasteiger partial charge in [0.1, 0.15) is 0 Å². The monoisotopic (exact) mass is 297 g/mol. The van der Waals surface area contributed by atoms with Crippen LogP contribution in [-0.2, 0) is 0 Å². The lowest BCUT2D eigenvalue weighted by molar-refractivity contribution is 0.353. The minimum Gasteiger partial charge on any atom is -0.313 e. The zero-order valence-corrected chi connectivity index (χ0v) is 12.9. The maximum Gasteiger partial charge on any atom is 0.0210 e. The van der Waals surface area contributed by atoms with Gasteiger partial charge in [-0.2, -0.15) is 0 Å². The molecule has 2 unspecified atom stereocenters. The normalized spacial score (nSPS) is 14.9. The number of hydrogen-bond donors (Lipinski definition) is 1. The summed E-state index contributed by atoms with van der Waals surface area (Å²) in [5.74, 6) is 1.17. The van der Waals surface area contributed by atoms with Gasteiger partial charge in [0.05, 0.1) is 0 Å². The second kappa shape index (κ2) is 7.17. The van der Waals surface area contributed by atoms with Gasteiger partial charge in [0.2, 0.25) is 0 Å². The van der Waals surface area contributed by atoms with Gasteiger partial charge in [-0.15, -0.1) is 0 Å². The molecule has 0 aromatic heterocycles. The molecule has 1 aromatic rings. The predicted octanol–water partition coefficient (Wildman–Crippen LogP) is 4.58. The SMILES string of the molecule is CCCNC(C(C)C)C(C)c1ccccc1Br. The summed E-state index contributed by atoms with van der Waals surface area (Å²) < 4.78 is 1.22. The van der Waals surface area contributed by atoms with Crippen LogP contribution >= 0.6 is 15.9 Å². The van der Waals surface area contributed by atoms with Gasteiger partial charge in [-0.1, -0.05) is 61.8 Å². The second-order valence-electron chi connectivity index (χ2n) is 5.03. The summed E-state index contributed by atoms with van der Waals surface area (Å²) in [6, 6.07) is 9.08. The molecular weight excluding hydrogens is 274 g/mol. The Morgan fingerprint density at radius 1 is 1.18 bits per heavy atom. The van der Waals surface area contributed by atoms with E-state index >= 15 is 0 Å². The third-order valence-corrected chi connectivity index (χ3v) is 4.00. The molecule has 0 saturated carbocycles. The van der Waals surface area contributed by atoms with Crippen molar-refractivity contribution in [3.63, 3.8) is 0 Å². The summed E-state index contributed by atoms with van der Waals surface area (Å²) >= 11 is 3.65. The van der Waals surface area contributed by atoms with Gasteiger partial charge in [0, 0.05) is 10.5 Å². The third kappa shape index (κ3) is 4.11. The summed E-state index contributed by atoms with van der Waals surface area (Å²) in [7, 11) is 0. The van der Waals surface area contributed by atoms with E-state index in [1.165, 1.54) is 16.5 Å². The second-order valence-corrected chi connectivity index (χ2v) is 5.89. The van der Waals surface area contributed by atoms with Crippen LogP contribution in [0.1, 0.15) is 45.6 Å². The van der Waals surface area contributed by atoms with E-state index in [9.17, 15) is 0 Å². The van der Waals surface area contributed by atoms with E-state index in [1.54, 1.807) is 0 Å². The molecule has 0 aliphatic heterocycles. The molecule has 0 heterocycles. The molecule has 2 atom stereocenters. The summed E-state index contributed by atoms with van der Waals surface area (Å²) in [5, 5.41) is 3.67. The van der Waals surface area contributed by atoms with Crippen LogP contribution in [-0.4, -0.2) is 12.6 Å². The lowest BCUT2D eigenvalue weighted by atomic mass is 9.86. The molecule has 1 aromatic carbocycles.